The number of benzene rings is 3. The molecule has 10 heteroatoms. The van der Waals surface area contributed by atoms with Crippen molar-refractivity contribution in [1.29, 1.82) is 0 Å². The highest BCUT2D eigenvalue weighted by Gasteiger charge is 2.39. The molecule has 4 rings (SSSR count). The topological polar surface area (TPSA) is 122 Å². The van der Waals surface area contributed by atoms with Crippen molar-refractivity contribution in [2.45, 2.75) is 26.7 Å². The minimum absolute atomic E-state index is 0.129. The van der Waals surface area contributed by atoms with Crippen LogP contribution in [0.15, 0.2) is 83.5 Å². The van der Waals surface area contributed by atoms with E-state index in [1.54, 1.807) is 48.5 Å². The van der Waals surface area contributed by atoms with Gasteiger partial charge in [0.15, 0.2) is 5.78 Å². The van der Waals surface area contributed by atoms with E-state index in [0.29, 0.717) is 16.9 Å². The largest absolute Gasteiger partial charge is 0.462 e. The fourth-order valence-electron chi connectivity index (χ4n) is 3.91. The first kappa shape index (κ1) is 28.3. The van der Waals surface area contributed by atoms with E-state index in [0.717, 1.165) is 17.7 Å². The number of anilines is 3. The van der Waals surface area contributed by atoms with Gasteiger partial charge in [-0.3, -0.25) is 19.2 Å². The van der Waals surface area contributed by atoms with Crippen LogP contribution in [-0.4, -0.2) is 36.1 Å². The summed E-state index contributed by atoms with van der Waals surface area (Å²) in [4.78, 5) is 63.9. The Kier molecular flexibility index (Phi) is 8.76. The summed E-state index contributed by atoms with van der Waals surface area (Å²) in [6, 6.07) is 18.8. The Morgan fingerprint density at radius 1 is 0.850 bits per heavy atom. The summed E-state index contributed by atoms with van der Waals surface area (Å²) < 4.78 is 5.22. The molecule has 3 aromatic carbocycles. The lowest BCUT2D eigenvalue weighted by molar-refractivity contribution is -0.120. The fraction of sp³-hybridized carbons (Fsp3) is 0.167. The number of amides is 3. The van der Waals surface area contributed by atoms with E-state index < -0.39 is 23.7 Å². The van der Waals surface area contributed by atoms with Crippen molar-refractivity contribution in [1.82, 2.24) is 0 Å². The Balaban J connectivity index is 1.50. The standard InChI is InChI=1S/C30H26ClN3O6/c1-3-4-14-40-30(39)21-10-7-13-24(17-21)34-28(37)25(31)26(29(34)38)32-22-11-6-9-20(16-22)27(36)33-23-12-5-8-19(15-23)18(2)35/h5-13,15-17,32H,3-4,14H2,1-2H3,(H,33,36). The van der Waals surface area contributed by atoms with Gasteiger partial charge in [0.05, 0.1) is 17.9 Å². The first-order valence-corrected chi connectivity index (χ1v) is 12.9. The maximum absolute atomic E-state index is 13.2. The van der Waals surface area contributed by atoms with E-state index in [1.807, 2.05) is 6.92 Å². The summed E-state index contributed by atoms with van der Waals surface area (Å²) in [5, 5.41) is 5.24. The molecular formula is C30H26ClN3O6. The molecule has 204 valence electrons. The molecule has 3 aromatic rings. The van der Waals surface area contributed by atoms with Crippen LogP contribution < -0.4 is 15.5 Å². The van der Waals surface area contributed by atoms with Crippen LogP contribution in [0, 0.1) is 0 Å². The number of hydrogen-bond donors (Lipinski definition) is 2. The predicted molar refractivity (Wildman–Crippen MR) is 151 cm³/mol. The molecular weight excluding hydrogens is 534 g/mol. The van der Waals surface area contributed by atoms with Gasteiger partial charge in [0.1, 0.15) is 10.7 Å². The number of Topliss-reactive ketones (excluding diaryl/α,β-unsaturated/α-hetero) is 1. The van der Waals surface area contributed by atoms with Gasteiger partial charge in [-0.25, -0.2) is 9.69 Å². The van der Waals surface area contributed by atoms with Crippen molar-refractivity contribution in [3.05, 3.63) is 100 Å². The van der Waals surface area contributed by atoms with Crippen LogP contribution in [0.25, 0.3) is 0 Å². The number of esters is 1. The molecule has 0 spiro atoms. The second-order valence-electron chi connectivity index (χ2n) is 8.97. The van der Waals surface area contributed by atoms with E-state index >= 15 is 0 Å². The number of rotatable bonds is 10. The number of nitrogens with zero attached hydrogens (tertiary/aromatic N) is 1. The lowest BCUT2D eigenvalue weighted by atomic mass is 10.1. The highest BCUT2D eigenvalue weighted by Crippen LogP contribution is 2.31. The number of unbranched alkanes of at least 4 members (excludes halogenated alkanes) is 1. The minimum atomic E-state index is -0.759. The average Bonchev–Trinajstić information content (AvgIpc) is 3.16. The van der Waals surface area contributed by atoms with Gasteiger partial charge in [0.25, 0.3) is 17.7 Å². The van der Waals surface area contributed by atoms with Gasteiger partial charge in [-0.15, -0.1) is 0 Å². The second kappa shape index (κ2) is 12.4. The third-order valence-corrected chi connectivity index (χ3v) is 6.37. The molecule has 0 radical (unpaired) electrons. The zero-order valence-corrected chi connectivity index (χ0v) is 22.6. The van der Waals surface area contributed by atoms with E-state index in [2.05, 4.69) is 10.6 Å². The molecule has 0 aliphatic carbocycles. The third kappa shape index (κ3) is 6.27. The monoisotopic (exact) mass is 559 g/mol. The van der Waals surface area contributed by atoms with Gasteiger partial charge in [0.2, 0.25) is 0 Å². The number of carbonyl (C=O) groups is 5. The van der Waals surface area contributed by atoms with Gasteiger partial charge >= 0.3 is 5.97 Å². The molecule has 0 fully saturated rings. The zero-order valence-electron chi connectivity index (χ0n) is 21.8. The van der Waals surface area contributed by atoms with Gasteiger partial charge in [-0.05, 0) is 61.9 Å². The third-order valence-electron chi connectivity index (χ3n) is 6.02. The van der Waals surface area contributed by atoms with Gasteiger partial charge < -0.3 is 15.4 Å². The summed E-state index contributed by atoms with van der Waals surface area (Å²) >= 11 is 6.26. The van der Waals surface area contributed by atoms with E-state index in [-0.39, 0.29) is 39.9 Å². The molecule has 3 amide bonds. The average molecular weight is 560 g/mol. The number of hydrogen-bond acceptors (Lipinski definition) is 7. The van der Waals surface area contributed by atoms with Crippen molar-refractivity contribution in [2.75, 3.05) is 22.1 Å². The van der Waals surface area contributed by atoms with E-state index in [9.17, 15) is 24.0 Å². The highest BCUT2D eigenvalue weighted by atomic mass is 35.5. The van der Waals surface area contributed by atoms with Crippen molar-refractivity contribution in [3.8, 4) is 0 Å². The molecule has 0 saturated carbocycles. The molecule has 1 heterocycles. The first-order chi connectivity index (χ1) is 19.2. The quantitative estimate of drug-likeness (QED) is 0.145. The predicted octanol–water partition coefficient (Wildman–Crippen LogP) is 5.53. The summed E-state index contributed by atoms with van der Waals surface area (Å²) in [6.45, 7) is 3.68. The van der Waals surface area contributed by atoms with Crippen LogP contribution in [-0.2, 0) is 14.3 Å². The number of halogens is 1. The van der Waals surface area contributed by atoms with Crippen LogP contribution in [0.3, 0.4) is 0 Å². The lowest BCUT2D eigenvalue weighted by Crippen LogP contribution is -2.32. The summed E-state index contributed by atoms with van der Waals surface area (Å²) in [7, 11) is 0. The fourth-order valence-corrected chi connectivity index (χ4v) is 4.12. The Morgan fingerprint density at radius 2 is 1.50 bits per heavy atom. The summed E-state index contributed by atoms with van der Waals surface area (Å²) in [6.07, 6.45) is 1.59. The molecule has 0 aromatic heterocycles. The molecule has 0 atom stereocenters. The summed E-state index contributed by atoms with van der Waals surface area (Å²) in [5.74, 6) is -2.61. The second-order valence-corrected chi connectivity index (χ2v) is 9.35. The van der Waals surface area contributed by atoms with E-state index in [4.69, 9.17) is 16.3 Å². The normalized spacial score (nSPS) is 12.9. The van der Waals surface area contributed by atoms with Crippen LogP contribution in [0.5, 0.6) is 0 Å². The molecule has 0 unspecified atom stereocenters. The van der Waals surface area contributed by atoms with Crippen LogP contribution in [0.2, 0.25) is 0 Å². The van der Waals surface area contributed by atoms with Crippen molar-refractivity contribution < 1.29 is 28.7 Å². The molecule has 40 heavy (non-hydrogen) atoms. The van der Waals surface area contributed by atoms with Gasteiger partial charge in [-0.2, -0.15) is 0 Å². The summed E-state index contributed by atoms with van der Waals surface area (Å²) in [5.41, 5.74) is 1.70. The number of imide groups is 1. The number of ketones is 1. The number of ether oxygens (including phenoxy) is 1. The van der Waals surface area contributed by atoms with Gasteiger partial charge in [-0.1, -0.05) is 49.2 Å². The van der Waals surface area contributed by atoms with Crippen LogP contribution in [0.4, 0.5) is 17.1 Å². The van der Waals surface area contributed by atoms with Crippen molar-refractivity contribution in [3.63, 3.8) is 0 Å². The molecule has 9 nitrogen and oxygen atoms in total. The number of nitrogens with one attached hydrogen (secondary N) is 2. The van der Waals surface area contributed by atoms with Gasteiger partial charge in [0, 0.05) is 22.5 Å². The Hall–Kier alpha value is -4.76. The number of carbonyl (C=O) groups excluding carboxylic acids is 5. The van der Waals surface area contributed by atoms with Crippen LogP contribution >= 0.6 is 11.6 Å². The minimum Gasteiger partial charge on any atom is -0.462 e. The molecule has 0 bridgehead atoms. The Morgan fingerprint density at radius 3 is 2.23 bits per heavy atom. The molecule has 1 aliphatic rings. The highest BCUT2D eigenvalue weighted by molar-refractivity contribution is 6.53. The maximum atomic E-state index is 13.2. The lowest BCUT2D eigenvalue weighted by Gasteiger charge is -2.16. The molecule has 1 aliphatic heterocycles. The molecule has 2 N–H and O–H groups in total. The Labute approximate surface area is 235 Å². The smallest absolute Gasteiger partial charge is 0.338 e. The van der Waals surface area contributed by atoms with Crippen LogP contribution in [0.1, 0.15) is 57.8 Å². The zero-order chi connectivity index (χ0) is 28.8. The first-order valence-electron chi connectivity index (χ1n) is 12.5. The SMILES string of the molecule is CCCCOC(=O)c1cccc(N2C(=O)C(Cl)=C(Nc3cccc(C(=O)Nc4cccc(C(C)=O)c4)c3)C2=O)c1. The van der Waals surface area contributed by atoms with Crippen molar-refractivity contribution in [2.24, 2.45) is 0 Å². The molecule has 0 saturated heterocycles. The van der Waals surface area contributed by atoms with E-state index in [1.165, 1.54) is 31.2 Å². The van der Waals surface area contributed by atoms with Crippen molar-refractivity contribution >= 4 is 58.1 Å². The Bertz CT molecular complexity index is 1550. The maximum Gasteiger partial charge on any atom is 0.338 e.